The van der Waals surface area contributed by atoms with Crippen LogP contribution in [0.2, 0.25) is 0 Å². The summed E-state index contributed by atoms with van der Waals surface area (Å²) in [6, 6.07) is 8.46. The Kier molecular flexibility index (Phi) is 4.62. The summed E-state index contributed by atoms with van der Waals surface area (Å²) in [5, 5.41) is 17.3. The van der Waals surface area contributed by atoms with E-state index in [1.165, 1.54) is 35.0 Å². The highest BCUT2D eigenvalue weighted by Crippen LogP contribution is 2.12. The highest BCUT2D eigenvalue weighted by Gasteiger charge is 2.11. The van der Waals surface area contributed by atoms with Crippen LogP contribution in [-0.2, 0) is 6.54 Å². The Bertz CT molecular complexity index is 769. The molecule has 0 saturated heterocycles. The fourth-order valence-electron chi connectivity index (χ4n) is 1.85. The number of carbonyl (C=O) groups excluding carboxylic acids is 1. The number of nitrogens with zero attached hydrogens (tertiary/aromatic N) is 3. The third-order valence-electron chi connectivity index (χ3n) is 2.93. The summed E-state index contributed by atoms with van der Waals surface area (Å²) in [5.74, 6) is -0.440. The lowest BCUT2D eigenvalue weighted by Crippen LogP contribution is -2.32. The van der Waals surface area contributed by atoms with E-state index in [0.29, 0.717) is 5.69 Å². The van der Waals surface area contributed by atoms with E-state index in [4.69, 9.17) is 0 Å². The van der Waals surface area contributed by atoms with Gasteiger partial charge in [-0.15, -0.1) is 0 Å². The van der Waals surface area contributed by atoms with E-state index in [-0.39, 0.29) is 29.9 Å². The van der Waals surface area contributed by atoms with Gasteiger partial charge in [-0.05, 0) is 19.1 Å². The minimum absolute atomic E-state index is 0.149. The fraction of sp³-hybridized carbons (Fsp3) is 0.214. The summed E-state index contributed by atoms with van der Waals surface area (Å²) in [6.07, 6.45) is 0. The van der Waals surface area contributed by atoms with E-state index in [1.807, 2.05) is 0 Å². The first-order valence-electron chi connectivity index (χ1n) is 6.55. The highest BCUT2D eigenvalue weighted by atomic mass is 16.6. The van der Waals surface area contributed by atoms with Crippen molar-refractivity contribution in [2.24, 2.45) is 0 Å². The summed E-state index contributed by atoms with van der Waals surface area (Å²) in [6.45, 7) is 2.18. The van der Waals surface area contributed by atoms with Crippen LogP contribution in [0.5, 0.6) is 0 Å². The number of aryl methyl sites for hydroxylation is 1. The van der Waals surface area contributed by atoms with Gasteiger partial charge < -0.3 is 5.32 Å². The molecule has 0 atom stereocenters. The molecule has 0 saturated carbocycles. The predicted molar refractivity (Wildman–Crippen MR) is 78.7 cm³/mol. The number of nitro benzene ring substituents is 1. The molecule has 1 aromatic heterocycles. The molecular weight excluding hydrogens is 288 g/mol. The number of carbonyl (C=O) groups is 1. The Balaban J connectivity index is 1.98. The number of amides is 1. The molecule has 8 nitrogen and oxygen atoms in total. The summed E-state index contributed by atoms with van der Waals surface area (Å²) < 4.78 is 1.25. The van der Waals surface area contributed by atoms with Gasteiger partial charge >= 0.3 is 0 Å². The number of hydrogen-bond donors (Lipinski definition) is 1. The van der Waals surface area contributed by atoms with Crippen molar-refractivity contribution in [3.63, 3.8) is 0 Å². The largest absolute Gasteiger partial charge is 0.350 e. The molecule has 1 amide bonds. The third-order valence-corrected chi connectivity index (χ3v) is 2.93. The number of non-ortho nitro benzene ring substituents is 1. The van der Waals surface area contributed by atoms with Gasteiger partial charge in [0.05, 0.1) is 17.2 Å². The standard InChI is InChI=1S/C14H14N4O4/c1-10-5-6-13(19)17(16-10)8-7-15-14(20)11-3-2-4-12(9-11)18(21)22/h2-6,9H,7-8H2,1H3,(H,15,20). The Morgan fingerprint density at radius 3 is 2.86 bits per heavy atom. The minimum Gasteiger partial charge on any atom is -0.350 e. The predicted octanol–water partition coefficient (Wildman–Crippen LogP) is 0.890. The molecule has 0 spiro atoms. The van der Waals surface area contributed by atoms with Crippen LogP contribution in [0.3, 0.4) is 0 Å². The van der Waals surface area contributed by atoms with Crippen molar-refractivity contribution in [2.45, 2.75) is 13.5 Å². The van der Waals surface area contributed by atoms with Crippen LogP contribution in [0.25, 0.3) is 0 Å². The average molecular weight is 302 g/mol. The zero-order chi connectivity index (χ0) is 16.1. The molecule has 2 rings (SSSR count). The van der Waals surface area contributed by atoms with Crippen molar-refractivity contribution in [1.29, 1.82) is 0 Å². The molecule has 0 aliphatic rings. The zero-order valence-corrected chi connectivity index (χ0v) is 11.9. The second kappa shape index (κ2) is 6.61. The molecule has 0 unspecified atom stereocenters. The van der Waals surface area contributed by atoms with Crippen LogP contribution >= 0.6 is 0 Å². The van der Waals surface area contributed by atoms with Gasteiger partial charge in [-0.2, -0.15) is 5.10 Å². The van der Waals surface area contributed by atoms with E-state index in [0.717, 1.165) is 0 Å². The molecule has 1 N–H and O–H groups in total. The first-order valence-corrected chi connectivity index (χ1v) is 6.55. The van der Waals surface area contributed by atoms with Gasteiger partial charge in [0, 0.05) is 30.3 Å². The molecule has 0 radical (unpaired) electrons. The van der Waals surface area contributed by atoms with Crippen LogP contribution in [0, 0.1) is 17.0 Å². The van der Waals surface area contributed by atoms with E-state index in [1.54, 1.807) is 13.0 Å². The number of nitro groups is 1. The van der Waals surface area contributed by atoms with E-state index in [2.05, 4.69) is 10.4 Å². The Labute approximate surface area is 125 Å². The van der Waals surface area contributed by atoms with E-state index in [9.17, 15) is 19.7 Å². The number of nitrogens with one attached hydrogen (secondary N) is 1. The van der Waals surface area contributed by atoms with Gasteiger partial charge in [0.2, 0.25) is 0 Å². The molecule has 0 bridgehead atoms. The van der Waals surface area contributed by atoms with Crippen LogP contribution in [0.1, 0.15) is 16.1 Å². The summed E-state index contributed by atoms with van der Waals surface area (Å²) in [5.41, 5.74) is 0.489. The first kappa shape index (κ1) is 15.4. The molecule has 22 heavy (non-hydrogen) atoms. The molecule has 1 heterocycles. The monoisotopic (exact) mass is 302 g/mol. The van der Waals surface area contributed by atoms with Crippen molar-refractivity contribution in [2.75, 3.05) is 6.54 Å². The Hall–Kier alpha value is -3.03. The lowest BCUT2D eigenvalue weighted by atomic mass is 10.2. The summed E-state index contributed by atoms with van der Waals surface area (Å²) in [7, 11) is 0. The first-order chi connectivity index (χ1) is 10.5. The maximum Gasteiger partial charge on any atom is 0.270 e. The van der Waals surface area contributed by atoms with Crippen molar-refractivity contribution < 1.29 is 9.72 Å². The molecule has 0 fully saturated rings. The van der Waals surface area contributed by atoms with Crippen LogP contribution in [0.4, 0.5) is 5.69 Å². The second-order valence-electron chi connectivity index (χ2n) is 4.60. The van der Waals surface area contributed by atoms with Gasteiger partial charge in [-0.25, -0.2) is 4.68 Å². The van der Waals surface area contributed by atoms with Crippen molar-refractivity contribution in [1.82, 2.24) is 15.1 Å². The zero-order valence-electron chi connectivity index (χ0n) is 11.9. The van der Waals surface area contributed by atoms with Crippen LogP contribution in [0.15, 0.2) is 41.2 Å². The topological polar surface area (TPSA) is 107 Å². The Morgan fingerprint density at radius 1 is 1.36 bits per heavy atom. The van der Waals surface area contributed by atoms with Gasteiger partial charge in [-0.3, -0.25) is 19.7 Å². The maximum absolute atomic E-state index is 11.9. The van der Waals surface area contributed by atoms with Gasteiger partial charge in [0.15, 0.2) is 0 Å². The molecule has 114 valence electrons. The van der Waals surface area contributed by atoms with Gasteiger partial charge in [0.25, 0.3) is 17.2 Å². The van der Waals surface area contributed by atoms with Gasteiger partial charge in [-0.1, -0.05) is 6.07 Å². The van der Waals surface area contributed by atoms with Crippen molar-refractivity contribution >= 4 is 11.6 Å². The molecule has 0 aliphatic carbocycles. The number of hydrogen-bond acceptors (Lipinski definition) is 5. The van der Waals surface area contributed by atoms with Crippen molar-refractivity contribution in [3.8, 4) is 0 Å². The maximum atomic E-state index is 11.9. The normalized spacial score (nSPS) is 10.2. The number of benzene rings is 1. The van der Waals surface area contributed by atoms with Crippen LogP contribution in [-0.4, -0.2) is 27.2 Å². The third kappa shape index (κ3) is 3.75. The molecule has 8 heteroatoms. The lowest BCUT2D eigenvalue weighted by Gasteiger charge is -2.07. The molecule has 2 aromatic rings. The number of rotatable bonds is 5. The quantitative estimate of drug-likeness (QED) is 0.652. The lowest BCUT2D eigenvalue weighted by molar-refractivity contribution is -0.384. The molecular formula is C14H14N4O4. The van der Waals surface area contributed by atoms with E-state index < -0.39 is 10.8 Å². The fourth-order valence-corrected chi connectivity index (χ4v) is 1.85. The van der Waals surface area contributed by atoms with Gasteiger partial charge in [0.1, 0.15) is 0 Å². The van der Waals surface area contributed by atoms with E-state index >= 15 is 0 Å². The number of aromatic nitrogens is 2. The molecule has 1 aromatic carbocycles. The van der Waals surface area contributed by atoms with Crippen molar-refractivity contribution in [3.05, 3.63) is 68.1 Å². The smallest absolute Gasteiger partial charge is 0.270 e. The summed E-state index contributed by atoms with van der Waals surface area (Å²) >= 11 is 0. The highest BCUT2D eigenvalue weighted by molar-refractivity contribution is 5.94. The SMILES string of the molecule is Cc1ccc(=O)n(CCNC(=O)c2cccc([N+](=O)[O-])c2)n1. The Morgan fingerprint density at radius 2 is 2.14 bits per heavy atom. The minimum atomic E-state index is -0.562. The second-order valence-corrected chi connectivity index (χ2v) is 4.60. The average Bonchev–Trinajstić information content (AvgIpc) is 2.50. The van der Waals surface area contributed by atoms with Crippen LogP contribution < -0.4 is 10.9 Å². The molecule has 0 aliphatic heterocycles. The summed E-state index contributed by atoms with van der Waals surface area (Å²) in [4.78, 5) is 33.6.